The fourth-order valence-corrected chi connectivity index (χ4v) is 4.93. The Morgan fingerprint density at radius 3 is 3.00 bits per heavy atom. The maximum absolute atomic E-state index is 13.3. The molecular formula is C17H14FN5OS3. The van der Waals surface area contributed by atoms with Gasteiger partial charge >= 0.3 is 0 Å². The summed E-state index contributed by atoms with van der Waals surface area (Å²) in [4.78, 5) is 17.6. The molecule has 0 atom stereocenters. The molecule has 0 saturated heterocycles. The SMILES string of the molecule is CCn1c(SCC(=O)Nc2nc3ccc(F)cc3s2)nnc1-c1cccs1. The molecule has 10 heteroatoms. The summed E-state index contributed by atoms with van der Waals surface area (Å²) >= 11 is 4.18. The molecule has 27 heavy (non-hydrogen) atoms. The van der Waals surface area contributed by atoms with E-state index in [4.69, 9.17) is 0 Å². The van der Waals surface area contributed by atoms with Crippen molar-refractivity contribution in [2.75, 3.05) is 11.1 Å². The number of thiophene rings is 1. The number of halogens is 1. The lowest BCUT2D eigenvalue weighted by Gasteiger charge is -2.06. The third-order valence-electron chi connectivity index (χ3n) is 3.70. The lowest BCUT2D eigenvalue weighted by molar-refractivity contribution is -0.113. The fourth-order valence-electron chi connectivity index (χ4n) is 2.51. The van der Waals surface area contributed by atoms with Gasteiger partial charge in [-0.25, -0.2) is 9.37 Å². The van der Waals surface area contributed by atoms with Crippen LogP contribution in [-0.4, -0.2) is 31.4 Å². The van der Waals surface area contributed by atoms with Gasteiger partial charge in [0, 0.05) is 6.54 Å². The first kappa shape index (κ1) is 18.1. The number of hydrogen-bond acceptors (Lipinski definition) is 7. The molecule has 3 aromatic heterocycles. The van der Waals surface area contributed by atoms with Crippen LogP contribution in [0.4, 0.5) is 9.52 Å². The van der Waals surface area contributed by atoms with Crippen molar-refractivity contribution < 1.29 is 9.18 Å². The summed E-state index contributed by atoms with van der Waals surface area (Å²) < 4.78 is 16.0. The van der Waals surface area contributed by atoms with E-state index in [1.54, 1.807) is 17.4 Å². The van der Waals surface area contributed by atoms with Crippen LogP contribution in [0.5, 0.6) is 0 Å². The lowest BCUT2D eigenvalue weighted by Crippen LogP contribution is -2.14. The number of amides is 1. The number of rotatable bonds is 6. The Morgan fingerprint density at radius 2 is 2.22 bits per heavy atom. The first-order valence-electron chi connectivity index (χ1n) is 8.10. The highest BCUT2D eigenvalue weighted by Gasteiger charge is 2.16. The highest BCUT2D eigenvalue weighted by atomic mass is 32.2. The second kappa shape index (κ2) is 7.75. The number of aromatic nitrogens is 4. The number of carbonyl (C=O) groups is 1. The van der Waals surface area contributed by atoms with Gasteiger partial charge in [-0.2, -0.15) is 0 Å². The van der Waals surface area contributed by atoms with Gasteiger partial charge in [-0.1, -0.05) is 29.2 Å². The molecule has 1 N–H and O–H groups in total. The van der Waals surface area contributed by atoms with Gasteiger partial charge in [-0.15, -0.1) is 21.5 Å². The summed E-state index contributed by atoms with van der Waals surface area (Å²) in [5.74, 6) is 0.485. The van der Waals surface area contributed by atoms with Crippen molar-refractivity contribution in [3.8, 4) is 10.7 Å². The highest BCUT2D eigenvalue weighted by molar-refractivity contribution is 7.99. The van der Waals surface area contributed by atoms with E-state index in [-0.39, 0.29) is 17.5 Å². The maximum atomic E-state index is 13.3. The van der Waals surface area contributed by atoms with Gasteiger partial charge < -0.3 is 9.88 Å². The molecule has 0 fully saturated rings. The zero-order valence-corrected chi connectivity index (χ0v) is 16.6. The van der Waals surface area contributed by atoms with Crippen LogP contribution in [0.2, 0.25) is 0 Å². The number of carbonyl (C=O) groups excluding carboxylic acids is 1. The molecule has 3 heterocycles. The lowest BCUT2D eigenvalue weighted by atomic mass is 10.3. The molecule has 0 bridgehead atoms. The summed E-state index contributed by atoms with van der Waals surface area (Å²) in [6.07, 6.45) is 0. The average Bonchev–Trinajstić information content (AvgIpc) is 3.37. The van der Waals surface area contributed by atoms with E-state index >= 15 is 0 Å². The Bertz CT molecular complexity index is 1090. The van der Waals surface area contributed by atoms with E-state index in [0.29, 0.717) is 27.0 Å². The van der Waals surface area contributed by atoms with E-state index in [1.165, 1.54) is 35.2 Å². The van der Waals surface area contributed by atoms with E-state index in [1.807, 2.05) is 29.0 Å². The minimum atomic E-state index is -0.319. The van der Waals surface area contributed by atoms with Crippen LogP contribution in [-0.2, 0) is 11.3 Å². The molecule has 0 aliphatic rings. The van der Waals surface area contributed by atoms with Crippen molar-refractivity contribution in [1.29, 1.82) is 0 Å². The van der Waals surface area contributed by atoms with Crippen LogP contribution >= 0.6 is 34.4 Å². The van der Waals surface area contributed by atoms with Crippen LogP contribution in [0.3, 0.4) is 0 Å². The van der Waals surface area contributed by atoms with Gasteiger partial charge in [0.2, 0.25) is 5.91 Å². The molecule has 1 amide bonds. The first-order chi connectivity index (χ1) is 13.1. The molecule has 0 radical (unpaired) electrons. The van der Waals surface area contributed by atoms with Crippen molar-refractivity contribution in [2.24, 2.45) is 0 Å². The number of nitrogens with zero attached hydrogens (tertiary/aromatic N) is 4. The molecule has 0 aliphatic heterocycles. The smallest absolute Gasteiger partial charge is 0.236 e. The summed E-state index contributed by atoms with van der Waals surface area (Å²) in [5.41, 5.74) is 0.663. The predicted octanol–water partition coefficient (Wildman–Crippen LogP) is 4.51. The molecule has 138 valence electrons. The minimum absolute atomic E-state index is 0.187. The van der Waals surface area contributed by atoms with Crippen molar-refractivity contribution in [1.82, 2.24) is 19.7 Å². The van der Waals surface area contributed by atoms with Gasteiger partial charge in [0.15, 0.2) is 16.1 Å². The molecule has 0 saturated carbocycles. The number of hydrogen-bond donors (Lipinski definition) is 1. The van der Waals surface area contributed by atoms with Crippen LogP contribution in [0.1, 0.15) is 6.92 Å². The zero-order valence-electron chi connectivity index (χ0n) is 14.2. The Labute approximate surface area is 166 Å². The Balaban J connectivity index is 1.43. The normalized spacial score (nSPS) is 11.2. The Morgan fingerprint density at radius 1 is 1.33 bits per heavy atom. The van der Waals surface area contributed by atoms with Crippen LogP contribution in [0, 0.1) is 5.82 Å². The molecule has 1 aromatic carbocycles. The second-order valence-electron chi connectivity index (χ2n) is 5.50. The quantitative estimate of drug-likeness (QED) is 0.466. The molecule has 0 aliphatic carbocycles. The van der Waals surface area contributed by atoms with E-state index in [9.17, 15) is 9.18 Å². The first-order valence-corrected chi connectivity index (χ1v) is 10.8. The number of benzene rings is 1. The van der Waals surface area contributed by atoms with Gasteiger partial charge in [0.1, 0.15) is 5.82 Å². The Kier molecular flexibility index (Phi) is 5.19. The van der Waals surface area contributed by atoms with Gasteiger partial charge in [-0.3, -0.25) is 4.79 Å². The Hall–Kier alpha value is -2.30. The third kappa shape index (κ3) is 3.87. The highest BCUT2D eigenvalue weighted by Crippen LogP contribution is 2.28. The summed E-state index contributed by atoms with van der Waals surface area (Å²) in [6.45, 7) is 2.73. The average molecular weight is 420 g/mol. The van der Waals surface area contributed by atoms with Gasteiger partial charge in [-0.05, 0) is 36.6 Å². The van der Waals surface area contributed by atoms with Crippen molar-refractivity contribution in [2.45, 2.75) is 18.6 Å². The fraction of sp³-hybridized carbons (Fsp3) is 0.176. The van der Waals surface area contributed by atoms with Crippen LogP contribution in [0.15, 0.2) is 40.9 Å². The van der Waals surface area contributed by atoms with E-state index in [0.717, 1.165) is 10.7 Å². The number of fused-ring (bicyclic) bond motifs is 1. The zero-order chi connectivity index (χ0) is 18.8. The summed E-state index contributed by atoms with van der Waals surface area (Å²) in [6, 6.07) is 8.33. The molecule has 0 spiro atoms. The largest absolute Gasteiger partial charge is 0.302 e. The number of thioether (sulfide) groups is 1. The predicted molar refractivity (Wildman–Crippen MR) is 108 cm³/mol. The minimum Gasteiger partial charge on any atom is -0.302 e. The van der Waals surface area contributed by atoms with Crippen LogP contribution in [0.25, 0.3) is 20.9 Å². The van der Waals surface area contributed by atoms with Crippen molar-refractivity contribution >= 4 is 55.7 Å². The monoisotopic (exact) mass is 419 g/mol. The van der Waals surface area contributed by atoms with E-state index in [2.05, 4.69) is 20.5 Å². The maximum Gasteiger partial charge on any atom is 0.236 e. The third-order valence-corrected chi connectivity index (χ3v) is 6.47. The number of thiazole rings is 1. The summed E-state index contributed by atoms with van der Waals surface area (Å²) in [5, 5.41) is 14.4. The van der Waals surface area contributed by atoms with Crippen LogP contribution < -0.4 is 5.32 Å². The molecule has 4 aromatic rings. The van der Waals surface area contributed by atoms with Crippen molar-refractivity contribution in [3.63, 3.8) is 0 Å². The summed E-state index contributed by atoms with van der Waals surface area (Å²) in [7, 11) is 0. The number of anilines is 1. The van der Waals surface area contributed by atoms with Gasteiger partial charge in [0.05, 0.1) is 20.8 Å². The topological polar surface area (TPSA) is 72.7 Å². The van der Waals surface area contributed by atoms with E-state index < -0.39 is 0 Å². The second-order valence-corrected chi connectivity index (χ2v) is 8.42. The van der Waals surface area contributed by atoms with Gasteiger partial charge in [0.25, 0.3) is 0 Å². The molecular weight excluding hydrogens is 405 g/mol. The molecule has 0 unspecified atom stereocenters. The number of nitrogens with one attached hydrogen (secondary N) is 1. The molecule has 6 nitrogen and oxygen atoms in total. The van der Waals surface area contributed by atoms with Crippen molar-refractivity contribution in [3.05, 3.63) is 41.5 Å². The standard InChI is InChI=1S/C17H14FN5OS3/c1-2-23-15(12-4-3-7-25-12)21-22-17(23)26-9-14(24)20-16-19-11-6-5-10(18)8-13(11)27-16/h3-8H,2,9H2,1H3,(H,19,20,24). The molecule has 4 rings (SSSR count).